The van der Waals surface area contributed by atoms with E-state index in [2.05, 4.69) is 11.0 Å². The first-order valence-corrected chi connectivity index (χ1v) is 8.40. The van der Waals surface area contributed by atoms with E-state index in [1.54, 1.807) is 0 Å². The van der Waals surface area contributed by atoms with E-state index < -0.39 is 5.60 Å². The molecule has 0 radical (unpaired) electrons. The van der Waals surface area contributed by atoms with Crippen LogP contribution < -0.4 is 10.6 Å². The van der Waals surface area contributed by atoms with Crippen LogP contribution in [0.4, 0.5) is 5.69 Å². The van der Waals surface area contributed by atoms with Crippen molar-refractivity contribution < 1.29 is 5.11 Å². The molecule has 1 aliphatic carbocycles. The van der Waals surface area contributed by atoms with Crippen LogP contribution in [0.2, 0.25) is 5.02 Å². The molecular weight excluding hydrogens is 284 g/mol. The maximum absolute atomic E-state index is 10.8. The molecule has 1 aliphatic heterocycles. The Balaban J connectivity index is 1.78. The zero-order chi connectivity index (χ0) is 15.0. The van der Waals surface area contributed by atoms with Gasteiger partial charge in [-0.15, -0.1) is 0 Å². The summed E-state index contributed by atoms with van der Waals surface area (Å²) >= 11 is 6.35. The van der Waals surface area contributed by atoms with Crippen LogP contribution in [-0.2, 0) is 0 Å². The standard InChI is InChI=1S/C17H25ClN2O/c1-12(19)15-6-5-14(10-16(15)18)20-9-8-17(21)7-3-2-4-13(17)11-20/h5-6,10,12-13,21H,2-4,7-9,11,19H2,1H3. The number of hydrogen-bond donors (Lipinski definition) is 2. The van der Waals surface area contributed by atoms with Gasteiger partial charge < -0.3 is 15.7 Å². The van der Waals surface area contributed by atoms with Gasteiger partial charge in [-0.1, -0.05) is 30.5 Å². The van der Waals surface area contributed by atoms with Gasteiger partial charge in [0, 0.05) is 35.8 Å². The Morgan fingerprint density at radius 2 is 2.19 bits per heavy atom. The molecule has 4 heteroatoms. The average molecular weight is 309 g/mol. The third kappa shape index (κ3) is 2.92. The minimum absolute atomic E-state index is 0.0451. The zero-order valence-electron chi connectivity index (χ0n) is 12.7. The lowest BCUT2D eigenvalue weighted by Gasteiger charge is -2.48. The van der Waals surface area contributed by atoms with Gasteiger partial charge in [-0.3, -0.25) is 0 Å². The molecule has 3 atom stereocenters. The summed E-state index contributed by atoms with van der Waals surface area (Å²) in [5, 5.41) is 11.5. The highest BCUT2D eigenvalue weighted by atomic mass is 35.5. The number of rotatable bonds is 2. The van der Waals surface area contributed by atoms with Crippen molar-refractivity contribution in [1.29, 1.82) is 0 Å². The molecule has 3 N–H and O–H groups in total. The largest absolute Gasteiger partial charge is 0.389 e. The van der Waals surface area contributed by atoms with E-state index >= 15 is 0 Å². The number of aliphatic hydroxyl groups is 1. The fraction of sp³-hybridized carbons (Fsp3) is 0.647. The van der Waals surface area contributed by atoms with E-state index in [1.165, 1.54) is 12.8 Å². The summed E-state index contributed by atoms with van der Waals surface area (Å²) in [6.45, 7) is 3.79. The first-order chi connectivity index (χ1) is 9.99. The van der Waals surface area contributed by atoms with Crippen LogP contribution in [0.1, 0.15) is 50.6 Å². The zero-order valence-corrected chi connectivity index (χ0v) is 13.4. The normalized spacial score (nSPS) is 30.9. The van der Waals surface area contributed by atoms with Gasteiger partial charge in [0.1, 0.15) is 0 Å². The molecule has 21 heavy (non-hydrogen) atoms. The number of nitrogens with two attached hydrogens (primary N) is 1. The maximum atomic E-state index is 10.8. The van der Waals surface area contributed by atoms with Gasteiger partial charge in [-0.25, -0.2) is 0 Å². The quantitative estimate of drug-likeness (QED) is 0.879. The predicted molar refractivity (Wildman–Crippen MR) is 87.8 cm³/mol. The summed E-state index contributed by atoms with van der Waals surface area (Å²) in [6.07, 6.45) is 5.38. The van der Waals surface area contributed by atoms with E-state index in [-0.39, 0.29) is 6.04 Å². The Bertz CT molecular complexity index is 520. The van der Waals surface area contributed by atoms with E-state index in [0.29, 0.717) is 5.92 Å². The maximum Gasteiger partial charge on any atom is 0.0709 e. The molecule has 1 saturated heterocycles. The Morgan fingerprint density at radius 3 is 2.90 bits per heavy atom. The summed E-state index contributed by atoms with van der Waals surface area (Å²) in [5.74, 6) is 0.395. The number of nitrogens with zero attached hydrogens (tertiary/aromatic N) is 1. The second kappa shape index (κ2) is 5.79. The van der Waals surface area contributed by atoms with Gasteiger partial charge in [-0.2, -0.15) is 0 Å². The number of anilines is 1. The van der Waals surface area contributed by atoms with Crippen molar-refractivity contribution in [2.75, 3.05) is 18.0 Å². The molecule has 2 fully saturated rings. The number of fused-ring (bicyclic) bond motifs is 1. The molecule has 3 rings (SSSR count). The van der Waals surface area contributed by atoms with E-state index in [1.807, 2.05) is 19.1 Å². The number of hydrogen-bond acceptors (Lipinski definition) is 3. The Kier molecular flexibility index (Phi) is 4.17. The van der Waals surface area contributed by atoms with Crippen LogP contribution in [0, 0.1) is 5.92 Å². The van der Waals surface area contributed by atoms with Gasteiger partial charge in [0.25, 0.3) is 0 Å². The molecule has 1 aromatic carbocycles. The SMILES string of the molecule is CC(N)c1ccc(N2CCC3(O)CCCCC3C2)cc1Cl. The molecule has 0 spiro atoms. The number of halogens is 1. The highest BCUT2D eigenvalue weighted by Gasteiger charge is 2.42. The van der Waals surface area contributed by atoms with Crippen molar-refractivity contribution in [3.05, 3.63) is 28.8 Å². The van der Waals surface area contributed by atoms with Gasteiger partial charge in [0.2, 0.25) is 0 Å². The minimum Gasteiger partial charge on any atom is -0.389 e. The third-order valence-corrected chi connectivity index (χ3v) is 5.59. The molecular formula is C17H25ClN2O. The lowest BCUT2D eigenvalue weighted by atomic mass is 9.71. The lowest BCUT2D eigenvalue weighted by Crippen LogP contribution is -2.53. The second-order valence-corrected chi connectivity index (χ2v) is 7.14. The summed E-state index contributed by atoms with van der Waals surface area (Å²) < 4.78 is 0. The highest BCUT2D eigenvalue weighted by Crippen LogP contribution is 2.41. The molecule has 0 bridgehead atoms. The van der Waals surface area contributed by atoms with Crippen molar-refractivity contribution in [2.24, 2.45) is 11.7 Å². The molecule has 0 aromatic heterocycles. The third-order valence-electron chi connectivity index (χ3n) is 5.27. The van der Waals surface area contributed by atoms with Crippen molar-refractivity contribution >= 4 is 17.3 Å². The van der Waals surface area contributed by atoms with Gasteiger partial charge >= 0.3 is 0 Å². The molecule has 3 nitrogen and oxygen atoms in total. The fourth-order valence-electron chi connectivity index (χ4n) is 3.89. The van der Waals surface area contributed by atoms with Crippen LogP contribution in [0.5, 0.6) is 0 Å². The molecule has 0 amide bonds. The van der Waals surface area contributed by atoms with E-state index in [9.17, 15) is 5.11 Å². The van der Waals surface area contributed by atoms with Crippen molar-refractivity contribution in [3.8, 4) is 0 Å². The van der Waals surface area contributed by atoms with Crippen LogP contribution in [0.25, 0.3) is 0 Å². The first-order valence-electron chi connectivity index (χ1n) is 8.02. The lowest BCUT2D eigenvalue weighted by molar-refractivity contribution is -0.0612. The first kappa shape index (κ1) is 15.1. The second-order valence-electron chi connectivity index (χ2n) is 6.74. The smallest absolute Gasteiger partial charge is 0.0709 e. The molecule has 1 heterocycles. The van der Waals surface area contributed by atoms with Gasteiger partial charge in [0.05, 0.1) is 5.60 Å². The molecule has 116 valence electrons. The molecule has 1 aromatic rings. The Labute approximate surface area is 132 Å². The average Bonchev–Trinajstić information content (AvgIpc) is 2.45. The van der Waals surface area contributed by atoms with E-state index in [4.69, 9.17) is 17.3 Å². The summed E-state index contributed by atoms with van der Waals surface area (Å²) in [7, 11) is 0. The van der Waals surface area contributed by atoms with Gasteiger partial charge in [0.15, 0.2) is 0 Å². The Morgan fingerprint density at radius 1 is 1.38 bits per heavy atom. The molecule has 2 aliphatic rings. The van der Waals surface area contributed by atoms with Crippen molar-refractivity contribution in [2.45, 2.75) is 50.7 Å². The van der Waals surface area contributed by atoms with Crippen LogP contribution in [-0.4, -0.2) is 23.8 Å². The number of piperidine rings is 1. The van der Waals surface area contributed by atoms with Crippen LogP contribution in [0.3, 0.4) is 0 Å². The molecule has 1 saturated carbocycles. The Hall–Kier alpha value is -0.770. The predicted octanol–water partition coefficient (Wildman–Crippen LogP) is 3.49. The molecule has 3 unspecified atom stereocenters. The highest BCUT2D eigenvalue weighted by molar-refractivity contribution is 6.31. The van der Waals surface area contributed by atoms with Crippen LogP contribution >= 0.6 is 11.6 Å². The summed E-state index contributed by atoms with van der Waals surface area (Å²) in [5.41, 5.74) is 7.63. The topological polar surface area (TPSA) is 49.5 Å². The van der Waals surface area contributed by atoms with Gasteiger partial charge in [-0.05, 0) is 43.9 Å². The minimum atomic E-state index is -0.426. The van der Waals surface area contributed by atoms with Crippen molar-refractivity contribution in [3.63, 3.8) is 0 Å². The summed E-state index contributed by atoms with van der Waals surface area (Å²) in [4.78, 5) is 2.36. The van der Waals surface area contributed by atoms with E-state index in [0.717, 1.165) is 48.6 Å². The van der Waals surface area contributed by atoms with Crippen molar-refractivity contribution in [1.82, 2.24) is 0 Å². The monoisotopic (exact) mass is 308 g/mol. The summed E-state index contributed by atoms with van der Waals surface area (Å²) in [6, 6.07) is 6.12. The fourth-order valence-corrected chi connectivity index (χ4v) is 4.23. The number of benzene rings is 1. The van der Waals surface area contributed by atoms with Crippen LogP contribution in [0.15, 0.2) is 18.2 Å².